The van der Waals surface area contributed by atoms with Crippen LogP contribution in [0.5, 0.6) is 0 Å². The van der Waals surface area contributed by atoms with E-state index < -0.39 is 0 Å². The third-order valence-electron chi connectivity index (χ3n) is 1.97. The lowest BCUT2D eigenvalue weighted by Crippen LogP contribution is -2.41. The zero-order valence-corrected chi connectivity index (χ0v) is 7.25. The van der Waals surface area contributed by atoms with E-state index >= 15 is 0 Å². The van der Waals surface area contributed by atoms with Crippen molar-refractivity contribution in [3.05, 3.63) is 12.7 Å². The van der Waals surface area contributed by atoms with E-state index in [-0.39, 0.29) is 0 Å². The third kappa shape index (κ3) is 3.04. The third-order valence-corrected chi connectivity index (χ3v) is 1.97. The molecule has 0 amide bonds. The summed E-state index contributed by atoms with van der Waals surface area (Å²) in [6.45, 7) is 10.0. The van der Waals surface area contributed by atoms with Gasteiger partial charge in [-0.2, -0.15) is 0 Å². The van der Waals surface area contributed by atoms with E-state index in [1.54, 1.807) is 0 Å². The molecule has 0 radical (unpaired) electrons. The Morgan fingerprint density at radius 1 is 1.73 bits per heavy atom. The molecule has 0 spiro atoms. The topological polar surface area (TPSA) is 12.5 Å². The monoisotopic (exact) mass is 155 g/mol. The summed E-state index contributed by atoms with van der Waals surface area (Å²) in [5.41, 5.74) is 0. The van der Waals surface area contributed by atoms with Crippen molar-refractivity contribution in [2.45, 2.75) is 19.4 Å². The molecule has 1 rings (SSSR count). The molecule has 0 aromatic rings. The number of rotatable bonds is 3. The van der Waals surface area contributed by atoms with Crippen LogP contribution in [0.3, 0.4) is 0 Å². The van der Waals surface area contributed by atoms with Gasteiger partial charge in [-0.25, -0.2) is 0 Å². The molecule has 0 saturated carbocycles. The molecule has 2 nitrogen and oxygen atoms in total. The predicted octanol–water partition coefficient (Wildman–Crippen LogP) is 1.28. The average Bonchev–Trinajstić information content (AvgIpc) is 2.01. The molecule has 1 aliphatic heterocycles. The maximum Gasteiger partial charge on any atom is 0.0674 e. The second kappa shape index (κ2) is 4.52. The first-order chi connectivity index (χ1) is 5.33. The predicted molar refractivity (Wildman–Crippen MR) is 46.7 cm³/mol. The van der Waals surface area contributed by atoms with Crippen molar-refractivity contribution in [1.29, 1.82) is 0 Å². The minimum Gasteiger partial charge on any atom is -0.376 e. The molecule has 1 unspecified atom stereocenters. The Labute approximate surface area is 68.8 Å². The molecule has 1 saturated heterocycles. The van der Waals surface area contributed by atoms with Crippen molar-refractivity contribution >= 4 is 0 Å². The highest BCUT2D eigenvalue weighted by Gasteiger charge is 2.14. The Morgan fingerprint density at radius 3 is 3.18 bits per heavy atom. The molecule has 1 heterocycles. The molecule has 2 heteroatoms. The van der Waals surface area contributed by atoms with Crippen molar-refractivity contribution in [3.8, 4) is 0 Å². The van der Waals surface area contributed by atoms with Gasteiger partial charge in [0.2, 0.25) is 0 Å². The highest BCUT2D eigenvalue weighted by Crippen LogP contribution is 2.04. The largest absolute Gasteiger partial charge is 0.376 e. The molecule has 64 valence electrons. The van der Waals surface area contributed by atoms with Gasteiger partial charge >= 0.3 is 0 Å². The Bertz CT molecular complexity index is 125. The van der Waals surface area contributed by atoms with Crippen molar-refractivity contribution in [2.24, 2.45) is 0 Å². The summed E-state index contributed by atoms with van der Waals surface area (Å²) in [5, 5.41) is 0. The molecule has 1 atom stereocenters. The van der Waals surface area contributed by atoms with Crippen LogP contribution in [0.25, 0.3) is 0 Å². The molecule has 1 fully saturated rings. The fraction of sp³-hybridized carbons (Fsp3) is 0.778. The first kappa shape index (κ1) is 8.75. The van der Waals surface area contributed by atoms with Crippen LogP contribution in [0.2, 0.25) is 0 Å². The van der Waals surface area contributed by atoms with E-state index in [1.165, 1.54) is 0 Å². The highest BCUT2D eigenvalue weighted by atomic mass is 16.5. The standard InChI is InChI=1S/C9H17NO/c1-3-4-5-10-6-7-11-9(2)8-10/h3,9H,1,4-8H2,2H3. The van der Waals surface area contributed by atoms with Gasteiger partial charge in [-0.05, 0) is 13.3 Å². The van der Waals surface area contributed by atoms with Gasteiger partial charge in [0.1, 0.15) is 0 Å². The fourth-order valence-electron chi connectivity index (χ4n) is 1.37. The highest BCUT2D eigenvalue weighted by molar-refractivity contribution is 4.73. The quantitative estimate of drug-likeness (QED) is 0.569. The summed E-state index contributed by atoms with van der Waals surface area (Å²) in [5.74, 6) is 0. The lowest BCUT2D eigenvalue weighted by molar-refractivity contribution is -0.0175. The van der Waals surface area contributed by atoms with E-state index in [9.17, 15) is 0 Å². The summed E-state index contributed by atoms with van der Waals surface area (Å²) < 4.78 is 5.42. The molecule has 0 aromatic carbocycles. The van der Waals surface area contributed by atoms with Crippen LogP contribution in [-0.4, -0.2) is 37.2 Å². The van der Waals surface area contributed by atoms with Gasteiger partial charge in [-0.15, -0.1) is 6.58 Å². The van der Waals surface area contributed by atoms with Crippen LogP contribution in [0.1, 0.15) is 13.3 Å². The van der Waals surface area contributed by atoms with E-state index in [0.717, 1.165) is 32.7 Å². The van der Waals surface area contributed by atoms with Crippen LogP contribution >= 0.6 is 0 Å². The number of ether oxygens (including phenoxy) is 1. The zero-order chi connectivity index (χ0) is 8.10. The number of hydrogen-bond acceptors (Lipinski definition) is 2. The molecular formula is C9H17NO. The minimum atomic E-state index is 0.411. The van der Waals surface area contributed by atoms with Gasteiger partial charge in [0.05, 0.1) is 12.7 Å². The van der Waals surface area contributed by atoms with E-state index in [0.29, 0.717) is 6.10 Å². The second-order valence-electron chi connectivity index (χ2n) is 3.06. The Morgan fingerprint density at radius 2 is 2.55 bits per heavy atom. The number of hydrogen-bond donors (Lipinski definition) is 0. The summed E-state index contributed by atoms with van der Waals surface area (Å²) in [7, 11) is 0. The molecule has 1 aliphatic rings. The number of morpholine rings is 1. The second-order valence-corrected chi connectivity index (χ2v) is 3.06. The van der Waals surface area contributed by atoms with Gasteiger partial charge in [-0.3, -0.25) is 4.90 Å². The zero-order valence-electron chi connectivity index (χ0n) is 7.25. The lowest BCUT2D eigenvalue weighted by atomic mass is 10.3. The Balaban J connectivity index is 2.17. The molecule has 0 N–H and O–H groups in total. The van der Waals surface area contributed by atoms with E-state index in [2.05, 4.69) is 18.4 Å². The Hall–Kier alpha value is -0.340. The molecule has 11 heavy (non-hydrogen) atoms. The fourth-order valence-corrected chi connectivity index (χ4v) is 1.37. The van der Waals surface area contributed by atoms with Crippen molar-refractivity contribution in [3.63, 3.8) is 0 Å². The lowest BCUT2D eigenvalue weighted by Gasteiger charge is -2.30. The van der Waals surface area contributed by atoms with E-state index in [1.807, 2.05) is 6.08 Å². The molecule has 0 bridgehead atoms. The van der Waals surface area contributed by atoms with Crippen molar-refractivity contribution < 1.29 is 4.74 Å². The van der Waals surface area contributed by atoms with Gasteiger partial charge in [-0.1, -0.05) is 6.08 Å². The van der Waals surface area contributed by atoms with Gasteiger partial charge in [0.15, 0.2) is 0 Å². The molecule has 0 aromatic heterocycles. The SMILES string of the molecule is C=CCCN1CCOC(C)C1. The maximum absolute atomic E-state index is 5.42. The summed E-state index contributed by atoms with van der Waals surface area (Å²) >= 11 is 0. The van der Waals surface area contributed by atoms with E-state index in [4.69, 9.17) is 4.74 Å². The summed E-state index contributed by atoms with van der Waals surface area (Å²) in [4.78, 5) is 2.43. The first-order valence-electron chi connectivity index (χ1n) is 4.28. The molecule has 0 aliphatic carbocycles. The molecular weight excluding hydrogens is 138 g/mol. The van der Waals surface area contributed by atoms with Crippen molar-refractivity contribution in [2.75, 3.05) is 26.2 Å². The maximum atomic E-state index is 5.42. The van der Waals surface area contributed by atoms with Gasteiger partial charge < -0.3 is 4.74 Å². The van der Waals surface area contributed by atoms with Gasteiger partial charge in [0, 0.05) is 19.6 Å². The summed E-state index contributed by atoms with van der Waals surface area (Å²) in [6.07, 6.45) is 3.47. The normalized spacial score (nSPS) is 26.8. The van der Waals surface area contributed by atoms with Crippen LogP contribution in [0.15, 0.2) is 12.7 Å². The van der Waals surface area contributed by atoms with Crippen LogP contribution in [0, 0.1) is 0 Å². The minimum absolute atomic E-state index is 0.411. The average molecular weight is 155 g/mol. The van der Waals surface area contributed by atoms with Gasteiger partial charge in [0.25, 0.3) is 0 Å². The van der Waals surface area contributed by atoms with Crippen LogP contribution < -0.4 is 0 Å². The van der Waals surface area contributed by atoms with Crippen LogP contribution in [-0.2, 0) is 4.74 Å². The van der Waals surface area contributed by atoms with Crippen molar-refractivity contribution in [1.82, 2.24) is 4.90 Å². The first-order valence-corrected chi connectivity index (χ1v) is 4.28. The van der Waals surface area contributed by atoms with Crippen LogP contribution in [0.4, 0.5) is 0 Å². The summed E-state index contributed by atoms with van der Waals surface area (Å²) in [6, 6.07) is 0. The smallest absolute Gasteiger partial charge is 0.0674 e. The number of nitrogens with zero attached hydrogens (tertiary/aromatic N) is 1. The Kier molecular flexibility index (Phi) is 3.60.